The molecule has 0 bridgehead atoms. The fourth-order valence-corrected chi connectivity index (χ4v) is 15.4. The van der Waals surface area contributed by atoms with Gasteiger partial charge in [0.15, 0.2) is 5.58 Å². The summed E-state index contributed by atoms with van der Waals surface area (Å²) in [6, 6.07) is 53.7. The highest BCUT2D eigenvalue weighted by molar-refractivity contribution is 7.00. The minimum absolute atomic E-state index is 0.00164. The molecule has 4 aliphatic rings. The molecule has 0 atom stereocenters. The molecule has 0 radical (unpaired) electrons. The van der Waals surface area contributed by atoms with Crippen LogP contribution >= 0.6 is 0 Å². The van der Waals surface area contributed by atoms with E-state index in [2.05, 4.69) is 300 Å². The van der Waals surface area contributed by atoms with Crippen LogP contribution in [-0.2, 0) is 43.3 Å². The molecule has 2 aliphatic heterocycles. The van der Waals surface area contributed by atoms with Crippen molar-refractivity contribution in [3.05, 3.63) is 189 Å². The van der Waals surface area contributed by atoms with Crippen molar-refractivity contribution in [3.8, 4) is 0 Å². The standard InChI is InChI=1S/C82H96BN3O/c1-49-40-51(75(3,4)5)27-34-65(49)84(66-35-28-52(41-50(66)2)76(6,7)8)56-30-33-63-68(46-56)86(67-25-23-24-58-57-31-26-53(77(9,10)11)44-72(57)87-74(58)67)71-43-54(78(12,13)14)42-70-73(71)83(63)64-47-61-62(82(21,22)39-38-81(61,19)20)48-69(64)85(70)55-29-32-59-60(45-55)80(17,18)37-36-79(59,15)16/h23-35,40-48H,36-39H2,1-22H3. The van der Waals surface area contributed by atoms with Gasteiger partial charge in [0.25, 0.3) is 6.71 Å². The highest BCUT2D eigenvalue weighted by atomic mass is 16.3. The van der Waals surface area contributed by atoms with E-state index in [4.69, 9.17) is 4.42 Å². The lowest BCUT2D eigenvalue weighted by Gasteiger charge is -2.48. The normalized spacial score (nSPS) is 17.4. The molecule has 0 amide bonds. The largest absolute Gasteiger partial charge is 0.454 e. The SMILES string of the molecule is Cc1cc(C(C)(C)C)ccc1N(c1ccc2c(c1)N(c1cccc3c1oc1cc(C(C)(C)C)ccc13)c1cc(C(C)(C)C)cc3c1B2c1cc2c(cc1N3c1ccc3c(c1)C(C)(C)CCC3(C)C)C(C)(C)CCC2(C)C)c1ccc(C(C)(C)C)cc1C. The molecule has 0 unspecified atom stereocenters. The molecule has 0 fully saturated rings. The van der Waals surface area contributed by atoms with Gasteiger partial charge in [0.05, 0.1) is 5.69 Å². The zero-order valence-corrected chi connectivity index (χ0v) is 56.9. The van der Waals surface area contributed by atoms with E-state index in [-0.39, 0.29) is 50.0 Å². The fourth-order valence-electron chi connectivity index (χ4n) is 15.4. The molecular weight excluding hydrogens is 1050 g/mol. The van der Waals surface area contributed by atoms with Crippen LogP contribution in [0.25, 0.3) is 21.9 Å². The maximum absolute atomic E-state index is 7.40. The molecule has 9 aromatic rings. The fraction of sp³-hybridized carbons (Fsp3) is 0.415. The highest BCUT2D eigenvalue weighted by Crippen LogP contribution is 2.55. The number of hydrogen-bond acceptors (Lipinski definition) is 4. The molecular formula is C82H96BN3O. The van der Waals surface area contributed by atoms with Crippen molar-refractivity contribution in [1.82, 2.24) is 0 Å². The monoisotopic (exact) mass is 1150 g/mol. The number of anilines is 9. The Labute approximate surface area is 522 Å². The summed E-state index contributed by atoms with van der Waals surface area (Å²) in [5.41, 5.74) is 30.0. The number of furan rings is 1. The summed E-state index contributed by atoms with van der Waals surface area (Å²) >= 11 is 0. The van der Waals surface area contributed by atoms with Crippen LogP contribution in [0.1, 0.15) is 220 Å². The summed E-state index contributed by atoms with van der Waals surface area (Å²) < 4.78 is 7.40. The first-order chi connectivity index (χ1) is 40.4. The van der Waals surface area contributed by atoms with Gasteiger partial charge in [-0.2, -0.15) is 0 Å². The Morgan fingerprint density at radius 3 is 1.45 bits per heavy atom. The van der Waals surface area contributed by atoms with E-state index in [9.17, 15) is 0 Å². The maximum atomic E-state index is 7.40. The summed E-state index contributed by atoms with van der Waals surface area (Å²) in [6.07, 6.45) is 4.61. The van der Waals surface area contributed by atoms with Gasteiger partial charge < -0.3 is 19.1 Å². The minimum atomic E-state index is -0.205. The van der Waals surface area contributed by atoms with E-state index in [1.807, 2.05) is 0 Å². The van der Waals surface area contributed by atoms with E-state index in [1.165, 1.54) is 113 Å². The van der Waals surface area contributed by atoms with E-state index < -0.39 is 0 Å². The van der Waals surface area contributed by atoms with Crippen molar-refractivity contribution in [1.29, 1.82) is 0 Å². The Hall–Kier alpha value is -6.98. The van der Waals surface area contributed by atoms with Crippen LogP contribution in [0.5, 0.6) is 0 Å². The van der Waals surface area contributed by atoms with Crippen molar-refractivity contribution in [2.45, 2.75) is 221 Å². The number of rotatable bonds is 5. The molecule has 5 heteroatoms. The maximum Gasteiger partial charge on any atom is 0.252 e. The third-order valence-corrected chi connectivity index (χ3v) is 21.4. The van der Waals surface area contributed by atoms with Crippen LogP contribution in [0.3, 0.4) is 0 Å². The molecule has 87 heavy (non-hydrogen) atoms. The Morgan fingerprint density at radius 2 is 0.897 bits per heavy atom. The second kappa shape index (κ2) is 19.3. The number of benzene rings is 8. The highest BCUT2D eigenvalue weighted by Gasteiger charge is 2.48. The summed E-state index contributed by atoms with van der Waals surface area (Å²) in [5, 5.41) is 2.26. The Balaban J connectivity index is 1.17. The molecule has 3 heterocycles. The molecule has 8 aromatic carbocycles. The van der Waals surface area contributed by atoms with Gasteiger partial charge in [-0.15, -0.1) is 0 Å². The Kier molecular flexibility index (Phi) is 13.1. The van der Waals surface area contributed by atoms with Crippen molar-refractivity contribution >= 4 is 96.2 Å². The lowest BCUT2D eigenvalue weighted by Crippen LogP contribution is -2.62. The zero-order chi connectivity index (χ0) is 62.4. The molecule has 4 nitrogen and oxygen atoms in total. The Morgan fingerprint density at radius 1 is 0.402 bits per heavy atom. The van der Waals surface area contributed by atoms with Gasteiger partial charge in [-0.05, 0) is 222 Å². The van der Waals surface area contributed by atoms with Gasteiger partial charge in [0, 0.05) is 56.3 Å². The molecule has 0 saturated heterocycles. The topological polar surface area (TPSA) is 22.9 Å². The van der Waals surface area contributed by atoms with Crippen LogP contribution < -0.4 is 31.1 Å². The van der Waals surface area contributed by atoms with Crippen molar-refractivity contribution in [3.63, 3.8) is 0 Å². The first-order valence-corrected chi connectivity index (χ1v) is 32.7. The predicted molar refractivity (Wildman–Crippen MR) is 377 cm³/mol. The zero-order valence-electron chi connectivity index (χ0n) is 56.9. The quantitative estimate of drug-likeness (QED) is 0.160. The van der Waals surface area contributed by atoms with E-state index >= 15 is 0 Å². The van der Waals surface area contributed by atoms with Crippen LogP contribution in [0.15, 0.2) is 138 Å². The second-order valence-corrected chi connectivity index (χ2v) is 33.8. The van der Waals surface area contributed by atoms with Gasteiger partial charge in [-0.1, -0.05) is 205 Å². The molecule has 2 aliphatic carbocycles. The van der Waals surface area contributed by atoms with Crippen LogP contribution in [0.4, 0.5) is 51.2 Å². The van der Waals surface area contributed by atoms with Crippen LogP contribution in [0, 0.1) is 13.8 Å². The summed E-state index contributed by atoms with van der Waals surface area (Å²) in [7, 11) is 0. The number of aryl methyl sites for hydroxylation is 2. The van der Waals surface area contributed by atoms with E-state index in [0.29, 0.717) is 0 Å². The van der Waals surface area contributed by atoms with Crippen molar-refractivity contribution in [2.24, 2.45) is 0 Å². The number of nitrogens with zero attached hydrogens (tertiary/aromatic N) is 3. The average molecular weight is 1150 g/mol. The van der Waals surface area contributed by atoms with E-state index in [0.717, 1.165) is 58.3 Å². The van der Waals surface area contributed by atoms with E-state index in [1.54, 1.807) is 0 Å². The molecule has 0 saturated carbocycles. The van der Waals surface area contributed by atoms with Crippen molar-refractivity contribution in [2.75, 3.05) is 14.7 Å². The third kappa shape index (κ3) is 9.51. The first-order valence-electron chi connectivity index (χ1n) is 32.7. The van der Waals surface area contributed by atoms with Gasteiger partial charge in [0.2, 0.25) is 0 Å². The Bertz CT molecular complexity index is 4260. The average Bonchev–Trinajstić information content (AvgIpc) is 0.821. The minimum Gasteiger partial charge on any atom is -0.454 e. The van der Waals surface area contributed by atoms with Gasteiger partial charge in [-0.25, -0.2) is 0 Å². The first kappa shape index (κ1) is 59.0. The third-order valence-electron chi connectivity index (χ3n) is 21.4. The molecule has 1 aromatic heterocycles. The number of fused-ring (bicyclic) bond motifs is 9. The van der Waals surface area contributed by atoms with Crippen LogP contribution in [-0.4, -0.2) is 6.71 Å². The predicted octanol–water partition coefficient (Wildman–Crippen LogP) is 21.6. The molecule has 0 spiro atoms. The summed E-state index contributed by atoms with van der Waals surface area (Å²) in [5.74, 6) is 0. The van der Waals surface area contributed by atoms with Gasteiger partial charge in [-0.3, -0.25) is 0 Å². The molecule has 13 rings (SSSR count). The molecule has 0 N–H and O–H groups in total. The van der Waals surface area contributed by atoms with Gasteiger partial charge >= 0.3 is 0 Å². The van der Waals surface area contributed by atoms with Gasteiger partial charge in [0.1, 0.15) is 5.58 Å². The summed E-state index contributed by atoms with van der Waals surface area (Å²) in [4.78, 5) is 7.91. The van der Waals surface area contributed by atoms with Crippen molar-refractivity contribution < 1.29 is 4.42 Å². The lowest BCUT2D eigenvalue weighted by atomic mass is 9.33. The van der Waals surface area contributed by atoms with Crippen LogP contribution in [0.2, 0.25) is 0 Å². The second-order valence-electron chi connectivity index (χ2n) is 33.8. The number of hydrogen-bond donors (Lipinski definition) is 0. The molecule has 448 valence electrons. The lowest BCUT2D eigenvalue weighted by molar-refractivity contribution is 0.332. The smallest absolute Gasteiger partial charge is 0.252 e. The summed E-state index contributed by atoms with van der Waals surface area (Å²) in [6.45, 7) is 52.4. The number of para-hydroxylation sites is 1.